The Hall–Kier alpha value is -2.29. The Kier molecular flexibility index (Phi) is 7.74. The minimum Gasteiger partial charge on any atom is -0.480 e. The largest absolute Gasteiger partial charge is 0.480 e. The number of carbonyl (C=O) groups is 5. The van der Waals surface area contributed by atoms with Gasteiger partial charge < -0.3 is 30.7 Å². The van der Waals surface area contributed by atoms with E-state index in [0.717, 1.165) is 28.4 Å². The van der Waals surface area contributed by atoms with Crippen LogP contribution in [0.25, 0.3) is 0 Å². The summed E-state index contributed by atoms with van der Waals surface area (Å²) in [5.74, 6) is -4.56. The van der Waals surface area contributed by atoms with Crippen molar-refractivity contribution in [2.75, 3.05) is 31.0 Å². The summed E-state index contributed by atoms with van der Waals surface area (Å²) >= 11 is 2.12. The number of carboxylic acids is 2. The van der Waals surface area contributed by atoms with Crippen molar-refractivity contribution >= 4 is 53.2 Å². The molecule has 1 fully saturated rings. The highest BCUT2D eigenvalue weighted by atomic mass is 32.2. The number of nitrogens with two attached hydrogens (primary N) is 1. The topological polar surface area (TPSA) is 186 Å². The van der Waals surface area contributed by atoms with Crippen LogP contribution in [0.4, 0.5) is 0 Å². The van der Waals surface area contributed by atoms with Gasteiger partial charge in [0, 0.05) is 31.1 Å². The molecule has 0 radical (unpaired) electrons. The van der Waals surface area contributed by atoms with E-state index in [2.05, 4.69) is 5.32 Å². The van der Waals surface area contributed by atoms with Gasteiger partial charge >= 0.3 is 17.9 Å². The molecule has 5 N–H and O–H groups in total. The van der Waals surface area contributed by atoms with E-state index in [-0.39, 0.29) is 35.1 Å². The summed E-state index contributed by atoms with van der Waals surface area (Å²) in [6, 6.07) is -1.13. The third kappa shape index (κ3) is 4.71. The van der Waals surface area contributed by atoms with E-state index in [1.807, 2.05) is 0 Å². The molecule has 2 rings (SSSR count). The van der Waals surface area contributed by atoms with Crippen LogP contribution < -0.4 is 11.1 Å². The van der Waals surface area contributed by atoms with Crippen molar-refractivity contribution in [3.8, 4) is 0 Å². The highest BCUT2D eigenvalue weighted by Crippen LogP contribution is 2.46. The van der Waals surface area contributed by atoms with Gasteiger partial charge in [0.25, 0.3) is 11.6 Å². The molecule has 0 spiro atoms. The lowest BCUT2D eigenvalue weighted by Crippen LogP contribution is -2.80. The highest BCUT2D eigenvalue weighted by molar-refractivity contribution is 8.00. The van der Waals surface area contributed by atoms with E-state index >= 15 is 0 Å². The summed E-state index contributed by atoms with van der Waals surface area (Å²) in [6.45, 7) is 0.911. The number of rotatable bonds is 10. The lowest BCUT2D eigenvalue weighted by Gasteiger charge is -2.55. The second kappa shape index (κ2) is 9.68. The number of carboxylic acid groups (broad SMARTS) is 2. The Bertz CT molecular complexity index is 803. The number of esters is 1. The smallest absolute Gasteiger partial charge is 0.352 e. The zero-order valence-electron chi connectivity index (χ0n) is 16.1. The minimum atomic E-state index is -1.76. The first kappa shape index (κ1) is 24.0. The standard InChI is InChI=1S/C16H21N3O9S2/c1-7(20)28-3-8-4-30-15-16(27-2,14(26)19(15)11(8)13(24)25)18-10(21)6-29-5-9(17)12(22)23/h9,15H,3-6,17H2,1-2H3,(H,18,21)(H,22,23)(H,24,25)/t9-,15+,16-/m0/s1. The molecular weight excluding hydrogens is 442 g/mol. The van der Waals surface area contributed by atoms with Crippen LogP contribution in [0.2, 0.25) is 0 Å². The maximum absolute atomic E-state index is 12.8. The van der Waals surface area contributed by atoms with Crippen molar-refractivity contribution in [2.45, 2.75) is 24.1 Å². The van der Waals surface area contributed by atoms with Crippen molar-refractivity contribution in [1.29, 1.82) is 0 Å². The maximum Gasteiger partial charge on any atom is 0.352 e. The molecule has 1 saturated heterocycles. The van der Waals surface area contributed by atoms with Crippen LogP contribution in [-0.4, -0.2) is 93.0 Å². The molecule has 2 heterocycles. The van der Waals surface area contributed by atoms with Gasteiger partial charge in [-0.1, -0.05) is 0 Å². The second-order valence-corrected chi connectivity index (χ2v) is 8.42. The number of ether oxygens (including phenoxy) is 2. The third-order valence-corrected chi connectivity index (χ3v) is 6.69. The molecule has 2 aliphatic heterocycles. The predicted molar refractivity (Wildman–Crippen MR) is 105 cm³/mol. The lowest BCUT2D eigenvalue weighted by molar-refractivity contribution is -0.192. The third-order valence-electron chi connectivity index (χ3n) is 4.26. The van der Waals surface area contributed by atoms with Gasteiger partial charge in [0.05, 0.1) is 5.75 Å². The molecule has 12 nitrogen and oxygen atoms in total. The molecule has 0 saturated carbocycles. The molecule has 2 amide bonds. The first-order chi connectivity index (χ1) is 14.0. The number of fused-ring (bicyclic) bond motifs is 1. The number of thioether (sulfide) groups is 2. The summed E-state index contributed by atoms with van der Waals surface area (Å²) in [5.41, 5.74) is 3.55. The zero-order chi connectivity index (χ0) is 22.6. The Balaban J connectivity index is 2.11. The summed E-state index contributed by atoms with van der Waals surface area (Å²) in [4.78, 5) is 59.6. The van der Waals surface area contributed by atoms with Crippen LogP contribution in [0.3, 0.4) is 0 Å². The van der Waals surface area contributed by atoms with Gasteiger partial charge in [-0.25, -0.2) is 4.79 Å². The predicted octanol–water partition coefficient (Wildman–Crippen LogP) is -1.59. The maximum atomic E-state index is 12.8. The van der Waals surface area contributed by atoms with Gasteiger partial charge in [-0.3, -0.25) is 24.1 Å². The SMILES string of the molecule is CO[C@@]1(NC(=O)CSC[C@H](N)C(=O)O)C(=O)N2C(C(=O)O)=C(COC(C)=O)CS[C@@H]21. The van der Waals surface area contributed by atoms with E-state index in [1.165, 1.54) is 14.0 Å². The molecule has 30 heavy (non-hydrogen) atoms. The van der Waals surface area contributed by atoms with Crippen LogP contribution in [0.15, 0.2) is 11.3 Å². The van der Waals surface area contributed by atoms with Crippen molar-refractivity contribution in [3.05, 3.63) is 11.3 Å². The number of hydrogen-bond donors (Lipinski definition) is 4. The van der Waals surface area contributed by atoms with Crippen molar-refractivity contribution in [2.24, 2.45) is 5.73 Å². The Labute approximate surface area is 179 Å². The monoisotopic (exact) mass is 463 g/mol. The number of aliphatic carboxylic acids is 2. The number of hydrogen-bond acceptors (Lipinski definition) is 10. The van der Waals surface area contributed by atoms with Gasteiger partial charge in [-0.15, -0.1) is 23.5 Å². The average molecular weight is 463 g/mol. The van der Waals surface area contributed by atoms with Crippen molar-refractivity contribution in [1.82, 2.24) is 10.2 Å². The van der Waals surface area contributed by atoms with Gasteiger partial charge in [-0.2, -0.15) is 0 Å². The number of carbonyl (C=O) groups excluding carboxylic acids is 3. The van der Waals surface area contributed by atoms with E-state index in [4.69, 9.17) is 20.3 Å². The molecule has 0 unspecified atom stereocenters. The van der Waals surface area contributed by atoms with E-state index in [9.17, 15) is 29.1 Å². The number of nitrogens with one attached hydrogen (secondary N) is 1. The Morgan fingerprint density at radius 3 is 2.60 bits per heavy atom. The highest BCUT2D eigenvalue weighted by Gasteiger charge is 2.66. The summed E-state index contributed by atoms with van der Waals surface area (Å²) < 4.78 is 10.1. The zero-order valence-corrected chi connectivity index (χ0v) is 17.7. The van der Waals surface area contributed by atoms with Gasteiger partial charge in [0.2, 0.25) is 5.91 Å². The minimum absolute atomic E-state index is 0.00755. The second-order valence-electron chi connectivity index (χ2n) is 6.32. The molecule has 0 bridgehead atoms. The first-order valence-corrected chi connectivity index (χ1v) is 10.7. The normalized spacial score (nSPS) is 23.9. The molecule has 0 aromatic rings. The Morgan fingerprint density at radius 2 is 2.07 bits per heavy atom. The molecule has 3 atom stereocenters. The van der Waals surface area contributed by atoms with Gasteiger partial charge in [-0.05, 0) is 0 Å². The number of nitrogens with zero attached hydrogens (tertiary/aromatic N) is 1. The Morgan fingerprint density at radius 1 is 1.40 bits per heavy atom. The summed E-state index contributed by atoms with van der Waals surface area (Å²) in [7, 11) is 1.21. The summed E-state index contributed by atoms with van der Waals surface area (Å²) in [5, 5.41) is 19.9. The van der Waals surface area contributed by atoms with Crippen molar-refractivity contribution in [3.63, 3.8) is 0 Å². The van der Waals surface area contributed by atoms with E-state index < -0.39 is 46.9 Å². The summed E-state index contributed by atoms with van der Waals surface area (Å²) in [6.07, 6.45) is 0. The number of amides is 2. The number of methoxy groups -OCH3 is 1. The van der Waals surface area contributed by atoms with Crippen LogP contribution in [-0.2, 0) is 33.4 Å². The molecule has 0 aromatic heterocycles. The van der Waals surface area contributed by atoms with Crippen LogP contribution in [0.5, 0.6) is 0 Å². The van der Waals surface area contributed by atoms with Crippen LogP contribution in [0.1, 0.15) is 6.92 Å². The van der Waals surface area contributed by atoms with Crippen LogP contribution in [0, 0.1) is 0 Å². The van der Waals surface area contributed by atoms with E-state index in [1.54, 1.807) is 0 Å². The fourth-order valence-electron chi connectivity index (χ4n) is 2.84. The average Bonchev–Trinajstić information content (AvgIpc) is 2.68. The number of β-lactam (4-membered cyclic amide) rings is 1. The molecular formula is C16H21N3O9S2. The molecule has 166 valence electrons. The van der Waals surface area contributed by atoms with Gasteiger partial charge in [0.15, 0.2) is 0 Å². The van der Waals surface area contributed by atoms with Gasteiger partial charge in [0.1, 0.15) is 23.7 Å². The molecule has 0 aromatic carbocycles. The molecule has 2 aliphatic rings. The quantitative estimate of drug-likeness (QED) is 0.165. The van der Waals surface area contributed by atoms with Crippen molar-refractivity contribution < 1.29 is 43.7 Å². The fraction of sp³-hybridized carbons (Fsp3) is 0.562. The van der Waals surface area contributed by atoms with Crippen LogP contribution >= 0.6 is 23.5 Å². The fourth-order valence-corrected chi connectivity index (χ4v) is 5.03. The lowest BCUT2D eigenvalue weighted by atomic mass is 9.98. The first-order valence-electron chi connectivity index (χ1n) is 8.51. The molecule has 14 heteroatoms. The molecule has 0 aliphatic carbocycles. The van der Waals surface area contributed by atoms with E-state index in [0.29, 0.717) is 0 Å².